The van der Waals surface area contributed by atoms with Crippen molar-refractivity contribution in [3.63, 3.8) is 0 Å². The molecular weight excluding hydrogens is 578 g/mol. The van der Waals surface area contributed by atoms with Crippen LogP contribution in [0.25, 0.3) is 22.5 Å². The first kappa shape index (κ1) is 32.3. The smallest absolute Gasteiger partial charge is 0.255 e. The highest BCUT2D eigenvalue weighted by molar-refractivity contribution is 5.97. The van der Waals surface area contributed by atoms with Crippen LogP contribution >= 0.6 is 12.4 Å². The van der Waals surface area contributed by atoms with E-state index in [4.69, 9.17) is 9.72 Å². The van der Waals surface area contributed by atoms with Crippen LogP contribution in [0.5, 0.6) is 5.75 Å². The number of ether oxygens (including phenoxy) is 1. The van der Waals surface area contributed by atoms with Crippen LogP contribution in [0, 0.1) is 6.92 Å². The summed E-state index contributed by atoms with van der Waals surface area (Å²) in [5.41, 5.74) is 5.22. The average molecular weight is 616 g/mol. The van der Waals surface area contributed by atoms with Gasteiger partial charge in [-0.05, 0) is 25.5 Å². The van der Waals surface area contributed by atoms with E-state index in [1.165, 1.54) is 0 Å². The van der Waals surface area contributed by atoms with Crippen molar-refractivity contribution >= 4 is 30.1 Å². The van der Waals surface area contributed by atoms with Gasteiger partial charge in [-0.2, -0.15) is 0 Å². The van der Waals surface area contributed by atoms with Crippen molar-refractivity contribution in [1.29, 1.82) is 0 Å². The molecule has 0 atom stereocenters. The maximum Gasteiger partial charge on any atom is 0.255 e. The van der Waals surface area contributed by atoms with Gasteiger partial charge in [0.15, 0.2) is 0 Å². The van der Waals surface area contributed by atoms with Crippen molar-refractivity contribution in [3.05, 3.63) is 96.3 Å². The van der Waals surface area contributed by atoms with Gasteiger partial charge in [0.05, 0.1) is 29.8 Å². The Morgan fingerprint density at radius 1 is 0.909 bits per heavy atom. The zero-order valence-electron chi connectivity index (χ0n) is 24.8. The van der Waals surface area contributed by atoms with Gasteiger partial charge in [0.2, 0.25) is 11.8 Å². The van der Waals surface area contributed by atoms with E-state index < -0.39 is 0 Å². The van der Waals surface area contributed by atoms with Crippen LogP contribution < -0.4 is 15.4 Å². The molecule has 9 nitrogen and oxygen atoms in total. The Balaban J connectivity index is 0.00000442. The zero-order valence-corrected chi connectivity index (χ0v) is 25.6. The summed E-state index contributed by atoms with van der Waals surface area (Å²) in [6.45, 7) is 3.97. The maximum absolute atomic E-state index is 13.6. The van der Waals surface area contributed by atoms with Crippen LogP contribution in [0.4, 0.5) is 0 Å². The lowest BCUT2D eigenvalue weighted by atomic mass is 10.0. The summed E-state index contributed by atoms with van der Waals surface area (Å²) in [4.78, 5) is 45.5. The third-order valence-electron chi connectivity index (χ3n) is 7.41. The Morgan fingerprint density at radius 2 is 1.64 bits per heavy atom. The van der Waals surface area contributed by atoms with Gasteiger partial charge < -0.3 is 24.8 Å². The number of imidazole rings is 1. The molecule has 1 aromatic heterocycles. The summed E-state index contributed by atoms with van der Waals surface area (Å²) < 4.78 is 7.82. The summed E-state index contributed by atoms with van der Waals surface area (Å²) in [5.74, 6) is 0.0602. The number of carbonyl (C=O) groups is 3. The predicted molar refractivity (Wildman–Crippen MR) is 173 cm³/mol. The van der Waals surface area contributed by atoms with Crippen LogP contribution in [0.2, 0.25) is 0 Å². The predicted octanol–water partition coefficient (Wildman–Crippen LogP) is 4.88. The minimum absolute atomic E-state index is 0. The van der Waals surface area contributed by atoms with Crippen molar-refractivity contribution < 1.29 is 19.1 Å². The molecule has 2 N–H and O–H groups in total. The summed E-state index contributed by atoms with van der Waals surface area (Å²) in [7, 11) is 0. The van der Waals surface area contributed by atoms with E-state index in [9.17, 15) is 14.4 Å². The van der Waals surface area contributed by atoms with Crippen molar-refractivity contribution in [3.8, 4) is 28.3 Å². The van der Waals surface area contributed by atoms with Gasteiger partial charge in [0.1, 0.15) is 12.4 Å². The number of aromatic nitrogens is 2. The highest BCUT2D eigenvalue weighted by atomic mass is 35.5. The molecule has 44 heavy (non-hydrogen) atoms. The molecule has 230 valence electrons. The molecule has 0 fully saturated rings. The number of hydrogen-bond acceptors (Lipinski definition) is 5. The molecule has 10 heteroatoms. The van der Waals surface area contributed by atoms with E-state index in [1.807, 2.05) is 78.2 Å². The number of hydrogen-bond donors (Lipinski definition) is 2. The van der Waals surface area contributed by atoms with Crippen molar-refractivity contribution in [2.75, 3.05) is 32.8 Å². The Morgan fingerprint density at radius 3 is 2.39 bits per heavy atom. The number of benzene rings is 3. The molecule has 0 spiro atoms. The van der Waals surface area contributed by atoms with Gasteiger partial charge in [0.25, 0.3) is 5.91 Å². The normalized spacial score (nSPS) is 14.5. The van der Waals surface area contributed by atoms with Gasteiger partial charge in [-0.15, -0.1) is 12.4 Å². The minimum atomic E-state index is -0.260. The molecule has 5 rings (SSSR count). The molecule has 3 amide bonds. The van der Waals surface area contributed by atoms with Crippen molar-refractivity contribution in [2.45, 2.75) is 32.7 Å². The molecule has 0 radical (unpaired) electrons. The van der Waals surface area contributed by atoms with Crippen LogP contribution in [0.1, 0.15) is 35.2 Å². The second-order valence-electron chi connectivity index (χ2n) is 10.6. The lowest BCUT2D eigenvalue weighted by Crippen LogP contribution is -2.39. The molecule has 0 saturated heterocycles. The molecule has 0 unspecified atom stereocenters. The number of halogens is 1. The highest BCUT2D eigenvalue weighted by Gasteiger charge is 2.20. The summed E-state index contributed by atoms with van der Waals surface area (Å²) in [6.07, 6.45) is 2.85. The van der Waals surface area contributed by atoms with E-state index in [0.717, 1.165) is 28.1 Å². The van der Waals surface area contributed by atoms with E-state index in [1.54, 1.807) is 23.4 Å². The number of aryl methyl sites for hydroxylation is 2. The summed E-state index contributed by atoms with van der Waals surface area (Å²) in [6, 6.07) is 25.5. The monoisotopic (exact) mass is 615 g/mol. The lowest BCUT2D eigenvalue weighted by molar-refractivity contribution is -0.132. The SMILES string of the molecule is Cc1ccc2c(c1)C(=O)NCCN(C(=O)CCn1cnc(-c3ccccc3)c1-c1ccccc1)CCCC(=O)NCCO2.Cl. The van der Waals surface area contributed by atoms with Crippen molar-refractivity contribution in [1.82, 2.24) is 25.1 Å². The van der Waals surface area contributed by atoms with Crippen LogP contribution in [0.15, 0.2) is 85.2 Å². The zero-order chi connectivity index (χ0) is 30.0. The van der Waals surface area contributed by atoms with E-state index in [0.29, 0.717) is 50.3 Å². The molecule has 1 aliphatic rings. The molecule has 2 heterocycles. The largest absolute Gasteiger partial charge is 0.491 e. The number of fused-ring (bicyclic) bond motifs is 1. The fourth-order valence-electron chi connectivity index (χ4n) is 5.21. The number of nitrogens with one attached hydrogen (secondary N) is 2. The Kier molecular flexibility index (Phi) is 11.5. The number of rotatable bonds is 5. The topological polar surface area (TPSA) is 106 Å². The summed E-state index contributed by atoms with van der Waals surface area (Å²) in [5, 5.41) is 5.80. The number of amides is 3. The first-order chi connectivity index (χ1) is 21.0. The number of carbonyl (C=O) groups excluding carboxylic acids is 3. The van der Waals surface area contributed by atoms with Gasteiger partial charge in [-0.3, -0.25) is 14.4 Å². The third kappa shape index (κ3) is 8.26. The first-order valence-electron chi connectivity index (χ1n) is 14.7. The Hall–Kier alpha value is -4.63. The minimum Gasteiger partial charge on any atom is -0.491 e. The Labute approximate surface area is 264 Å². The fourth-order valence-corrected chi connectivity index (χ4v) is 5.21. The third-order valence-corrected chi connectivity index (χ3v) is 7.41. The fraction of sp³-hybridized carbons (Fsp3) is 0.294. The molecule has 1 aliphatic heterocycles. The molecule has 0 saturated carbocycles. The second-order valence-corrected chi connectivity index (χ2v) is 10.6. The second kappa shape index (κ2) is 15.7. The lowest BCUT2D eigenvalue weighted by Gasteiger charge is -2.23. The van der Waals surface area contributed by atoms with Gasteiger partial charge in [-0.1, -0.05) is 72.3 Å². The Bertz CT molecular complexity index is 1560. The first-order valence-corrected chi connectivity index (χ1v) is 14.7. The van der Waals surface area contributed by atoms with E-state index >= 15 is 0 Å². The molecule has 0 aliphatic carbocycles. The molecule has 0 bridgehead atoms. The molecule has 4 aromatic rings. The number of nitrogens with zero attached hydrogens (tertiary/aromatic N) is 3. The highest BCUT2D eigenvalue weighted by Crippen LogP contribution is 2.31. The van der Waals surface area contributed by atoms with Crippen LogP contribution in [-0.2, 0) is 16.1 Å². The van der Waals surface area contributed by atoms with Gasteiger partial charge in [-0.25, -0.2) is 4.98 Å². The van der Waals surface area contributed by atoms with Gasteiger partial charge >= 0.3 is 0 Å². The van der Waals surface area contributed by atoms with E-state index in [2.05, 4.69) is 10.6 Å². The van der Waals surface area contributed by atoms with Crippen LogP contribution in [0.3, 0.4) is 0 Å². The van der Waals surface area contributed by atoms with Crippen LogP contribution in [-0.4, -0.2) is 65.0 Å². The maximum atomic E-state index is 13.6. The quantitative estimate of drug-likeness (QED) is 0.333. The van der Waals surface area contributed by atoms with E-state index in [-0.39, 0.29) is 49.7 Å². The average Bonchev–Trinajstić information content (AvgIpc) is 3.46. The van der Waals surface area contributed by atoms with Gasteiger partial charge in [0, 0.05) is 50.1 Å². The molecule has 3 aromatic carbocycles. The van der Waals surface area contributed by atoms with Crippen molar-refractivity contribution in [2.24, 2.45) is 0 Å². The molecular formula is C34H38ClN5O4. The summed E-state index contributed by atoms with van der Waals surface area (Å²) >= 11 is 0. The standard InChI is InChI=1S/C34H37N5O4.ClH/c1-25-14-15-29-28(23-25)34(42)36-17-21-38(19-8-13-30(40)35-18-22-43-29)31(41)16-20-39-24-37-32(26-9-4-2-5-10-26)33(39)27-11-6-3-7-12-27;/h2-7,9-12,14-15,23-24H,8,13,16-22H2,1H3,(H,35,40)(H,36,42);1H.